The van der Waals surface area contributed by atoms with Crippen LogP contribution in [0.2, 0.25) is 0 Å². The molecule has 5 nitrogen and oxygen atoms in total. The number of methoxy groups -OCH3 is 1. The Morgan fingerprint density at radius 3 is 2.54 bits per heavy atom. The topological polar surface area (TPSA) is 68.5 Å². The van der Waals surface area contributed by atoms with Crippen LogP contribution in [0.5, 0.6) is 11.5 Å². The third kappa shape index (κ3) is 5.02. The lowest BCUT2D eigenvalue weighted by Crippen LogP contribution is -2.45. The minimum absolute atomic E-state index is 0. The van der Waals surface area contributed by atoms with E-state index in [4.69, 9.17) is 4.74 Å². The maximum Gasteiger partial charge on any atom is 0.163 e. The van der Waals surface area contributed by atoms with Gasteiger partial charge in [0, 0.05) is 37.8 Å². The molecule has 7 heteroatoms. The Hall–Kier alpha value is -1.45. The zero-order valence-corrected chi connectivity index (χ0v) is 15.7. The van der Waals surface area contributed by atoms with Gasteiger partial charge in [0.15, 0.2) is 11.5 Å². The highest BCUT2D eigenvalue weighted by Crippen LogP contribution is 2.40. The number of rotatable bonds is 5. The van der Waals surface area contributed by atoms with Gasteiger partial charge in [-0.25, -0.2) is 0 Å². The van der Waals surface area contributed by atoms with Gasteiger partial charge in [0.25, 0.3) is 0 Å². The van der Waals surface area contributed by atoms with Crippen LogP contribution >= 0.6 is 24.8 Å². The molecule has 1 atom stereocenters. The van der Waals surface area contributed by atoms with E-state index in [1.54, 1.807) is 12.1 Å². The van der Waals surface area contributed by atoms with E-state index in [1.807, 2.05) is 6.92 Å². The third-order valence-electron chi connectivity index (χ3n) is 3.99. The minimum Gasteiger partial charge on any atom is -0.504 e. The lowest BCUT2D eigenvalue weighted by atomic mass is 9.93. The van der Waals surface area contributed by atoms with Gasteiger partial charge in [-0.05, 0) is 25.5 Å². The quantitative estimate of drug-likeness (QED) is 0.776. The molecule has 0 aromatic heterocycles. The van der Waals surface area contributed by atoms with Crippen LogP contribution in [0.15, 0.2) is 24.3 Å². The average molecular weight is 374 g/mol. The summed E-state index contributed by atoms with van der Waals surface area (Å²) in [5, 5.41) is 23.3. The molecule has 1 aromatic carbocycles. The van der Waals surface area contributed by atoms with Crippen molar-refractivity contribution in [1.82, 2.24) is 10.2 Å². The van der Waals surface area contributed by atoms with E-state index in [0.717, 1.165) is 31.8 Å². The summed E-state index contributed by atoms with van der Waals surface area (Å²) in [6, 6.07) is 5.47. The summed E-state index contributed by atoms with van der Waals surface area (Å²) in [7, 11) is 1.52. The number of phenolic OH excluding ortho intramolecular Hbond substituents is 1. The van der Waals surface area contributed by atoms with Crippen LogP contribution in [-0.4, -0.2) is 43.3 Å². The fourth-order valence-electron chi connectivity index (χ4n) is 2.93. The maximum absolute atomic E-state index is 10.6. The van der Waals surface area contributed by atoms with Crippen LogP contribution in [-0.2, 0) is 0 Å². The molecule has 2 rings (SSSR count). The summed E-state index contributed by atoms with van der Waals surface area (Å²) in [5.41, 5.74) is 2.16. The Bertz CT molecular complexity index is 596. The van der Waals surface area contributed by atoms with Crippen LogP contribution < -0.4 is 10.1 Å². The average Bonchev–Trinajstić information content (AvgIpc) is 2.53. The molecule has 1 aliphatic heterocycles. The summed E-state index contributed by atoms with van der Waals surface area (Å²) in [5.74, 6) is 0.460. The van der Waals surface area contributed by atoms with Crippen molar-refractivity contribution in [2.45, 2.75) is 19.4 Å². The number of piperazine rings is 1. The van der Waals surface area contributed by atoms with Gasteiger partial charge < -0.3 is 15.2 Å². The fourth-order valence-corrected chi connectivity index (χ4v) is 2.93. The highest BCUT2D eigenvalue weighted by atomic mass is 35.5. The number of nitriles is 1. The number of benzene rings is 1. The van der Waals surface area contributed by atoms with E-state index in [9.17, 15) is 10.4 Å². The van der Waals surface area contributed by atoms with Gasteiger partial charge in [-0.1, -0.05) is 5.57 Å². The summed E-state index contributed by atoms with van der Waals surface area (Å²) in [6.07, 6.45) is 0.704. The Morgan fingerprint density at radius 1 is 1.42 bits per heavy atom. The Balaban J connectivity index is 0.00000264. The van der Waals surface area contributed by atoms with Crippen molar-refractivity contribution >= 4 is 24.8 Å². The molecular weight excluding hydrogens is 349 g/mol. The molecular formula is C17H25Cl2N3O2. The second kappa shape index (κ2) is 10.4. The zero-order valence-electron chi connectivity index (χ0n) is 14.0. The van der Waals surface area contributed by atoms with E-state index in [-0.39, 0.29) is 36.6 Å². The molecule has 0 bridgehead atoms. The first-order valence-corrected chi connectivity index (χ1v) is 7.47. The van der Waals surface area contributed by atoms with Gasteiger partial charge >= 0.3 is 0 Å². The number of hydrogen-bond acceptors (Lipinski definition) is 5. The van der Waals surface area contributed by atoms with Gasteiger partial charge in [0.05, 0.1) is 18.7 Å². The van der Waals surface area contributed by atoms with Gasteiger partial charge in [0.1, 0.15) is 0 Å². The molecule has 24 heavy (non-hydrogen) atoms. The molecule has 0 saturated carbocycles. The first-order valence-electron chi connectivity index (χ1n) is 7.47. The number of halogens is 2. The molecule has 1 heterocycles. The van der Waals surface area contributed by atoms with Crippen molar-refractivity contribution in [1.29, 1.82) is 5.26 Å². The Labute approximate surface area is 156 Å². The molecule has 0 radical (unpaired) electrons. The fraction of sp³-hybridized carbons (Fsp3) is 0.471. The van der Waals surface area contributed by atoms with Crippen LogP contribution in [0.4, 0.5) is 0 Å². The number of ether oxygens (including phenoxy) is 1. The smallest absolute Gasteiger partial charge is 0.163 e. The highest BCUT2D eigenvalue weighted by Gasteiger charge is 2.28. The van der Waals surface area contributed by atoms with Crippen LogP contribution in [0.25, 0.3) is 0 Å². The van der Waals surface area contributed by atoms with Gasteiger partial charge in [-0.15, -0.1) is 31.4 Å². The molecule has 0 aliphatic carbocycles. The number of aromatic hydroxyl groups is 1. The normalized spacial score (nSPS) is 15.4. The molecule has 1 saturated heterocycles. The van der Waals surface area contributed by atoms with Crippen molar-refractivity contribution in [2.75, 3.05) is 33.3 Å². The highest BCUT2D eigenvalue weighted by molar-refractivity contribution is 5.85. The van der Waals surface area contributed by atoms with Crippen molar-refractivity contribution < 1.29 is 9.84 Å². The molecule has 0 amide bonds. The molecule has 134 valence electrons. The number of phenols is 1. The molecule has 2 N–H and O–H groups in total. The predicted molar refractivity (Wildman–Crippen MR) is 100 cm³/mol. The Kier molecular flexibility index (Phi) is 9.79. The molecule has 0 unspecified atom stereocenters. The number of nitrogens with one attached hydrogen (secondary N) is 1. The largest absolute Gasteiger partial charge is 0.504 e. The summed E-state index contributed by atoms with van der Waals surface area (Å²) in [6.45, 7) is 9.53. The van der Waals surface area contributed by atoms with Gasteiger partial charge in [0.2, 0.25) is 0 Å². The molecule has 1 aliphatic rings. The van der Waals surface area contributed by atoms with Crippen molar-refractivity contribution in [3.63, 3.8) is 0 Å². The standard InChI is InChI=1S/C17H23N3O2.2ClH/c1-12(2)10-14(20-8-6-19-7-9-20)16-13(11-18)4-5-15(22-3)17(16)21;;/h4-5,14,19,21H,1,6-10H2,2-3H3;2*1H/t14-;;/m0../s1. The second-order valence-electron chi connectivity index (χ2n) is 5.65. The summed E-state index contributed by atoms with van der Waals surface area (Å²) >= 11 is 0. The van der Waals surface area contributed by atoms with Crippen molar-refractivity contribution in [3.05, 3.63) is 35.4 Å². The third-order valence-corrected chi connectivity index (χ3v) is 3.99. The van der Waals surface area contributed by atoms with Gasteiger partial charge in [-0.2, -0.15) is 5.26 Å². The molecule has 1 fully saturated rings. The first-order chi connectivity index (χ1) is 10.6. The zero-order chi connectivity index (χ0) is 16.1. The SMILES string of the molecule is C=C(C)C[C@@H](c1c(C#N)ccc(OC)c1O)N1CCNCC1.Cl.Cl. The molecule has 0 spiro atoms. The van der Waals surface area contributed by atoms with Crippen molar-refractivity contribution in [3.8, 4) is 17.6 Å². The summed E-state index contributed by atoms with van der Waals surface area (Å²) in [4.78, 5) is 2.29. The van der Waals surface area contributed by atoms with E-state index >= 15 is 0 Å². The second-order valence-corrected chi connectivity index (χ2v) is 5.65. The lowest BCUT2D eigenvalue weighted by molar-refractivity contribution is 0.169. The maximum atomic E-state index is 10.6. The van der Waals surface area contributed by atoms with Crippen LogP contribution in [0.3, 0.4) is 0 Å². The van der Waals surface area contributed by atoms with E-state index < -0.39 is 0 Å². The van der Waals surface area contributed by atoms with Crippen molar-refractivity contribution in [2.24, 2.45) is 0 Å². The van der Waals surface area contributed by atoms with E-state index in [1.165, 1.54) is 7.11 Å². The Morgan fingerprint density at radius 2 is 2.04 bits per heavy atom. The van der Waals surface area contributed by atoms with E-state index in [2.05, 4.69) is 22.9 Å². The summed E-state index contributed by atoms with van der Waals surface area (Å²) < 4.78 is 5.21. The monoisotopic (exact) mass is 373 g/mol. The van der Waals surface area contributed by atoms with Crippen LogP contribution in [0.1, 0.15) is 30.5 Å². The number of hydrogen-bond donors (Lipinski definition) is 2. The van der Waals surface area contributed by atoms with Gasteiger partial charge in [-0.3, -0.25) is 4.90 Å². The predicted octanol–water partition coefficient (Wildman–Crippen LogP) is 3.03. The lowest BCUT2D eigenvalue weighted by Gasteiger charge is -2.36. The molecule has 1 aromatic rings. The van der Waals surface area contributed by atoms with Crippen LogP contribution in [0, 0.1) is 11.3 Å². The minimum atomic E-state index is -0.0654. The number of nitrogens with zero attached hydrogens (tertiary/aromatic N) is 2. The van der Waals surface area contributed by atoms with E-state index in [0.29, 0.717) is 23.3 Å². The first kappa shape index (κ1) is 22.6.